The van der Waals surface area contributed by atoms with Gasteiger partial charge in [-0.1, -0.05) is 43.3 Å². The molecule has 0 saturated carbocycles. The molecule has 3 aromatic rings. The third kappa shape index (κ3) is 5.12. The van der Waals surface area contributed by atoms with Crippen LogP contribution in [0.15, 0.2) is 54.6 Å². The molecule has 27 heavy (non-hydrogen) atoms. The first-order chi connectivity index (χ1) is 12.6. The zero-order valence-corrected chi connectivity index (χ0v) is 16.8. The molecule has 0 aliphatic heterocycles. The van der Waals surface area contributed by atoms with Crippen molar-refractivity contribution in [2.45, 2.75) is 38.8 Å². The Morgan fingerprint density at radius 3 is 2.56 bits per heavy atom. The quantitative estimate of drug-likeness (QED) is 0.559. The van der Waals surface area contributed by atoms with E-state index in [9.17, 15) is 4.79 Å². The molecule has 3 rings (SSSR count). The summed E-state index contributed by atoms with van der Waals surface area (Å²) in [5, 5.41) is 4.77. The molecule has 2 N–H and O–H groups in total. The summed E-state index contributed by atoms with van der Waals surface area (Å²) < 4.78 is 4.78. The number of esters is 1. The van der Waals surface area contributed by atoms with E-state index in [0.29, 0.717) is 17.8 Å². The molecular weight excluding hydrogens is 360 g/mol. The van der Waals surface area contributed by atoms with Crippen LogP contribution in [0.3, 0.4) is 0 Å². The summed E-state index contributed by atoms with van der Waals surface area (Å²) in [6.45, 7) is 4.41. The van der Waals surface area contributed by atoms with Crippen LogP contribution in [-0.2, 0) is 11.2 Å². The number of H-pyrrole nitrogens is 1. The van der Waals surface area contributed by atoms with Crippen LogP contribution in [0.25, 0.3) is 10.9 Å². The molecule has 0 saturated heterocycles. The average Bonchev–Trinajstić information content (AvgIpc) is 3.10. The lowest BCUT2D eigenvalue weighted by molar-refractivity contribution is 0.0595. The molecule has 0 fully saturated rings. The molecule has 2 atom stereocenters. The van der Waals surface area contributed by atoms with Gasteiger partial charge in [0, 0.05) is 23.0 Å². The molecule has 0 aliphatic carbocycles. The van der Waals surface area contributed by atoms with Gasteiger partial charge in [-0.3, -0.25) is 0 Å². The van der Waals surface area contributed by atoms with Crippen molar-refractivity contribution in [3.63, 3.8) is 0 Å². The van der Waals surface area contributed by atoms with E-state index in [1.54, 1.807) is 0 Å². The summed E-state index contributed by atoms with van der Waals surface area (Å²) in [4.78, 5) is 14.8. The Morgan fingerprint density at radius 2 is 1.89 bits per heavy atom. The van der Waals surface area contributed by atoms with E-state index < -0.39 is 0 Å². The number of fused-ring (bicyclic) bond motifs is 1. The minimum absolute atomic E-state index is 0. The topological polar surface area (TPSA) is 54.1 Å². The number of benzene rings is 2. The Hall–Kier alpha value is -2.30. The molecule has 4 nitrogen and oxygen atoms in total. The number of hydrogen-bond donors (Lipinski definition) is 2. The van der Waals surface area contributed by atoms with Crippen LogP contribution in [0.2, 0.25) is 0 Å². The fraction of sp³-hybridized carbons (Fsp3) is 0.318. The van der Waals surface area contributed by atoms with Crippen LogP contribution >= 0.6 is 12.4 Å². The number of carbonyl (C=O) groups is 1. The number of nitrogens with one attached hydrogen (secondary N) is 2. The zero-order chi connectivity index (χ0) is 18.5. The summed E-state index contributed by atoms with van der Waals surface area (Å²) in [6, 6.07) is 19.4. The van der Waals surface area contributed by atoms with E-state index in [4.69, 9.17) is 4.74 Å². The minimum atomic E-state index is -0.340. The highest BCUT2D eigenvalue weighted by molar-refractivity contribution is 5.94. The SMILES string of the molecule is CC[C@@H](Cc1ccc2[nH]c(C(=O)OC)cc2c1)N[C@H](C)c1ccccc1.Cl. The number of hydrogen-bond acceptors (Lipinski definition) is 3. The van der Waals surface area contributed by atoms with E-state index >= 15 is 0 Å². The van der Waals surface area contributed by atoms with E-state index in [1.165, 1.54) is 18.2 Å². The first-order valence-electron chi connectivity index (χ1n) is 9.11. The van der Waals surface area contributed by atoms with E-state index in [1.807, 2.05) is 18.2 Å². The number of aromatic amines is 1. The van der Waals surface area contributed by atoms with Gasteiger partial charge in [0.05, 0.1) is 7.11 Å². The Labute approximate surface area is 166 Å². The van der Waals surface area contributed by atoms with Gasteiger partial charge in [0.15, 0.2) is 0 Å². The third-order valence-electron chi connectivity index (χ3n) is 4.85. The van der Waals surface area contributed by atoms with Crippen LogP contribution in [0.4, 0.5) is 0 Å². The van der Waals surface area contributed by atoms with Crippen LogP contribution in [0, 0.1) is 0 Å². The maximum Gasteiger partial charge on any atom is 0.354 e. The van der Waals surface area contributed by atoms with Crippen molar-refractivity contribution in [1.82, 2.24) is 10.3 Å². The van der Waals surface area contributed by atoms with Gasteiger partial charge in [-0.2, -0.15) is 0 Å². The standard InChI is InChI=1S/C22H26N2O2.ClH/c1-4-19(23-15(2)17-8-6-5-7-9-17)13-16-10-11-20-18(12-16)14-21(24-20)22(25)26-3;/h5-12,14-15,19,23-24H,4,13H2,1-3H3;1H/t15-,19+;/m1./s1. The number of aromatic nitrogens is 1. The maximum atomic E-state index is 11.7. The lowest BCUT2D eigenvalue weighted by atomic mass is 10.0. The van der Waals surface area contributed by atoms with Gasteiger partial charge < -0.3 is 15.0 Å². The van der Waals surface area contributed by atoms with Gasteiger partial charge in [-0.25, -0.2) is 4.79 Å². The molecule has 0 spiro atoms. The molecule has 0 unspecified atom stereocenters. The monoisotopic (exact) mass is 386 g/mol. The van der Waals surface area contributed by atoms with Gasteiger partial charge in [0.2, 0.25) is 0 Å². The van der Waals surface area contributed by atoms with Crippen LogP contribution < -0.4 is 5.32 Å². The van der Waals surface area contributed by atoms with Crippen LogP contribution in [0.5, 0.6) is 0 Å². The number of halogens is 1. The highest BCUT2D eigenvalue weighted by Gasteiger charge is 2.14. The third-order valence-corrected chi connectivity index (χ3v) is 4.85. The van der Waals surface area contributed by atoms with Crippen molar-refractivity contribution >= 4 is 29.3 Å². The van der Waals surface area contributed by atoms with Crippen LogP contribution in [0.1, 0.15) is 47.9 Å². The second kappa shape index (κ2) is 9.58. The lowest BCUT2D eigenvalue weighted by Crippen LogP contribution is -2.32. The van der Waals surface area contributed by atoms with Gasteiger partial charge in [0.25, 0.3) is 0 Å². The summed E-state index contributed by atoms with van der Waals surface area (Å²) >= 11 is 0. The zero-order valence-electron chi connectivity index (χ0n) is 16.0. The molecule has 0 radical (unpaired) electrons. The van der Waals surface area contributed by atoms with Gasteiger partial charge >= 0.3 is 5.97 Å². The first-order valence-corrected chi connectivity index (χ1v) is 9.11. The normalized spacial score (nSPS) is 13.0. The highest BCUT2D eigenvalue weighted by Crippen LogP contribution is 2.20. The number of ether oxygens (including phenoxy) is 1. The molecular formula is C22H27ClN2O2. The van der Waals surface area contributed by atoms with Crippen molar-refractivity contribution < 1.29 is 9.53 Å². The Kier molecular flexibility index (Phi) is 7.45. The van der Waals surface area contributed by atoms with Crippen molar-refractivity contribution in [3.8, 4) is 0 Å². The predicted molar refractivity (Wildman–Crippen MR) is 113 cm³/mol. The van der Waals surface area contributed by atoms with Gasteiger partial charge in [0.1, 0.15) is 5.69 Å². The molecule has 144 valence electrons. The summed E-state index contributed by atoms with van der Waals surface area (Å²) in [5.41, 5.74) is 4.00. The van der Waals surface area contributed by atoms with Crippen LogP contribution in [-0.4, -0.2) is 24.1 Å². The Balaban J connectivity index is 0.00000261. The van der Waals surface area contributed by atoms with E-state index in [2.05, 4.69) is 60.5 Å². The second-order valence-electron chi connectivity index (χ2n) is 6.70. The molecule has 1 aromatic heterocycles. The van der Waals surface area contributed by atoms with E-state index in [-0.39, 0.29) is 18.4 Å². The predicted octanol–water partition coefficient (Wildman–Crippen LogP) is 5.05. The largest absolute Gasteiger partial charge is 0.464 e. The molecule has 0 bridgehead atoms. The summed E-state index contributed by atoms with van der Waals surface area (Å²) in [6.07, 6.45) is 2.00. The van der Waals surface area contributed by atoms with Gasteiger partial charge in [-0.05, 0) is 49.1 Å². The summed E-state index contributed by atoms with van der Waals surface area (Å²) in [7, 11) is 1.39. The van der Waals surface area contributed by atoms with E-state index in [0.717, 1.165) is 23.7 Å². The minimum Gasteiger partial charge on any atom is -0.464 e. The van der Waals surface area contributed by atoms with Gasteiger partial charge in [-0.15, -0.1) is 12.4 Å². The Morgan fingerprint density at radius 1 is 1.15 bits per heavy atom. The van der Waals surface area contributed by atoms with Crippen molar-refractivity contribution in [2.24, 2.45) is 0 Å². The molecule has 2 aromatic carbocycles. The summed E-state index contributed by atoms with van der Waals surface area (Å²) in [5.74, 6) is -0.340. The second-order valence-corrected chi connectivity index (χ2v) is 6.70. The molecule has 5 heteroatoms. The smallest absolute Gasteiger partial charge is 0.354 e. The molecule has 0 amide bonds. The Bertz CT molecular complexity index is 876. The number of methoxy groups -OCH3 is 1. The van der Waals surface area contributed by atoms with Crippen molar-refractivity contribution in [1.29, 1.82) is 0 Å². The number of carbonyl (C=O) groups excluding carboxylic acids is 1. The highest BCUT2D eigenvalue weighted by atomic mass is 35.5. The average molecular weight is 387 g/mol. The fourth-order valence-electron chi connectivity index (χ4n) is 3.33. The van der Waals surface area contributed by atoms with Crippen molar-refractivity contribution in [2.75, 3.05) is 7.11 Å². The molecule has 1 heterocycles. The fourth-order valence-corrected chi connectivity index (χ4v) is 3.33. The maximum absolute atomic E-state index is 11.7. The molecule has 0 aliphatic rings. The van der Waals surface area contributed by atoms with Crippen molar-refractivity contribution in [3.05, 3.63) is 71.4 Å². The lowest BCUT2D eigenvalue weighted by Gasteiger charge is -2.23. The first kappa shape index (κ1) is 21.0. The number of rotatable bonds is 7.